The normalized spacial score (nSPS) is 12.2. The lowest BCUT2D eigenvalue weighted by molar-refractivity contribution is 0.0930. The van der Waals surface area contributed by atoms with Gasteiger partial charge in [-0.2, -0.15) is 5.10 Å². The number of aromatic nitrogens is 2. The van der Waals surface area contributed by atoms with Crippen LogP contribution in [0.5, 0.6) is 0 Å². The van der Waals surface area contributed by atoms with Crippen LogP contribution in [-0.2, 0) is 0 Å². The Morgan fingerprint density at radius 2 is 1.96 bits per heavy atom. The van der Waals surface area contributed by atoms with Crippen molar-refractivity contribution in [1.29, 1.82) is 0 Å². The van der Waals surface area contributed by atoms with Gasteiger partial charge in [0.1, 0.15) is 11.5 Å². The fraction of sp³-hybridized carbons (Fsp3) is 0.421. The fourth-order valence-electron chi connectivity index (χ4n) is 2.87. The Hall–Kier alpha value is -2.54. The molecule has 1 atom stereocenters. The van der Waals surface area contributed by atoms with E-state index in [1.165, 1.54) is 16.8 Å². The van der Waals surface area contributed by atoms with Crippen molar-refractivity contribution in [3.63, 3.8) is 0 Å². The number of hydrogen-bond donors (Lipinski definition) is 1. The zero-order valence-electron chi connectivity index (χ0n) is 15.6. The molecule has 1 aromatic carbocycles. The van der Waals surface area contributed by atoms with E-state index in [4.69, 9.17) is 0 Å². The highest BCUT2D eigenvalue weighted by molar-refractivity contribution is 5.92. The Morgan fingerprint density at radius 3 is 2.58 bits per heavy atom. The summed E-state index contributed by atoms with van der Waals surface area (Å²) in [6.45, 7) is 9.90. The summed E-state index contributed by atoms with van der Waals surface area (Å²) in [5.41, 5.74) is -0.0857. The van der Waals surface area contributed by atoms with Gasteiger partial charge in [0.15, 0.2) is 5.69 Å². The van der Waals surface area contributed by atoms with Crippen LogP contribution in [0.2, 0.25) is 0 Å². The van der Waals surface area contributed by atoms with Crippen LogP contribution in [0.15, 0.2) is 35.1 Å². The van der Waals surface area contributed by atoms with Crippen molar-refractivity contribution in [2.45, 2.75) is 33.7 Å². The van der Waals surface area contributed by atoms with Crippen LogP contribution in [0, 0.1) is 12.7 Å². The van der Waals surface area contributed by atoms with E-state index >= 15 is 0 Å². The van der Waals surface area contributed by atoms with E-state index in [0.717, 1.165) is 13.1 Å². The molecular weight excluding hydrogens is 335 g/mol. The average Bonchev–Trinajstić information content (AvgIpc) is 2.61. The zero-order chi connectivity index (χ0) is 19.3. The number of carbonyl (C=O) groups is 1. The fourth-order valence-corrected chi connectivity index (χ4v) is 2.87. The smallest absolute Gasteiger partial charge is 0.275 e. The lowest BCUT2D eigenvalue weighted by Gasteiger charge is -2.26. The van der Waals surface area contributed by atoms with Gasteiger partial charge in [-0.15, -0.1) is 0 Å². The first-order valence-electron chi connectivity index (χ1n) is 8.77. The number of likely N-dealkylation sites (N-methyl/N-ethyl adjacent to an activating group) is 1. The second kappa shape index (κ2) is 8.71. The van der Waals surface area contributed by atoms with Crippen LogP contribution in [0.1, 0.15) is 37.0 Å². The number of nitrogens with zero attached hydrogens (tertiary/aromatic N) is 3. The molecule has 0 aliphatic carbocycles. The Kier molecular flexibility index (Phi) is 6.63. The number of carbonyl (C=O) groups excluding carboxylic acids is 1. The highest BCUT2D eigenvalue weighted by atomic mass is 19.1. The molecule has 0 bridgehead atoms. The Bertz CT molecular complexity index is 831. The van der Waals surface area contributed by atoms with Gasteiger partial charge in [-0.05, 0) is 39.1 Å². The number of nitrogens with one attached hydrogen (secondary N) is 1. The predicted octanol–water partition coefficient (Wildman–Crippen LogP) is 2.14. The molecule has 6 nitrogen and oxygen atoms in total. The number of benzene rings is 1. The maximum Gasteiger partial charge on any atom is 0.275 e. The van der Waals surface area contributed by atoms with Gasteiger partial charge in [-0.25, -0.2) is 9.07 Å². The van der Waals surface area contributed by atoms with Crippen molar-refractivity contribution in [1.82, 2.24) is 20.0 Å². The summed E-state index contributed by atoms with van der Waals surface area (Å²) >= 11 is 0. The van der Waals surface area contributed by atoms with E-state index in [9.17, 15) is 14.0 Å². The first-order chi connectivity index (χ1) is 12.4. The molecule has 0 radical (unpaired) electrons. The van der Waals surface area contributed by atoms with Crippen LogP contribution in [0.4, 0.5) is 4.39 Å². The van der Waals surface area contributed by atoms with Crippen LogP contribution >= 0.6 is 0 Å². The van der Waals surface area contributed by atoms with Gasteiger partial charge in [0.25, 0.3) is 5.91 Å². The number of hydrogen-bond acceptors (Lipinski definition) is 4. The topological polar surface area (TPSA) is 67.2 Å². The maximum absolute atomic E-state index is 14.1. The molecule has 2 rings (SSSR count). The molecule has 2 aromatic rings. The highest BCUT2D eigenvalue weighted by Gasteiger charge is 2.18. The molecule has 1 aromatic heterocycles. The molecule has 0 aliphatic rings. The molecule has 1 unspecified atom stereocenters. The van der Waals surface area contributed by atoms with E-state index in [2.05, 4.69) is 29.2 Å². The largest absolute Gasteiger partial charge is 0.349 e. The van der Waals surface area contributed by atoms with Crippen LogP contribution in [-0.4, -0.2) is 46.3 Å². The third-order valence-corrected chi connectivity index (χ3v) is 4.40. The molecule has 1 amide bonds. The van der Waals surface area contributed by atoms with Crippen molar-refractivity contribution in [3.8, 4) is 5.69 Å². The average molecular weight is 360 g/mol. The summed E-state index contributed by atoms with van der Waals surface area (Å²) in [6.07, 6.45) is 0. The predicted molar refractivity (Wildman–Crippen MR) is 99.2 cm³/mol. The summed E-state index contributed by atoms with van der Waals surface area (Å²) in [5.74, 6) is -1.03. The van der Waals surface area contributed by atoms with Gasteiger partial charge in [-0.3, -0.25) is 14.5 Å². The molecule has 0 saturated carbocycles. The van der Waals surface area contributed by atoms with E-state index in [-0.39, 0.29) is 17.4 Å². The quantitative estimate of drug-likeness (QED) is 0.821. The van der Waals surface area contributed by atoms with Crippen molar-refractivity contribution in [2.75, 3.05) is 19.6 Å². The molecule has 7 heteroatoms. The molecule has 0 saturated heterocycles. The first kappa shape index (κ1) is 19.8. The summed E-state index contributed by atoms with van der Waals surface area (Å²) in [4.78, 5) is 26.8. The molecular formula is C19H25FN4O2. The monoisotopic (exact) mass is 360 g/mol. The lowest BCUT2D eigenvalue weighted by atomic mass is 10.2. The van der Waals surface area contributed by atoms with Crippen LogP contribution in [0.3, 0.4) is 0 Å². The Morgan fingerprint density at radius 1 is 1.31 bits per heavy atom. The molecule has 1 heterocycles. The number of aryl methyl sites for hydroxylation is 1. The van der Waals surface area contributed by atoms with Gasteiger partial charge >= 0.3 is 0 Å². The Balaban J connectivity index is 2.27. The molecule has 0 spiro atoms. The summed E-state index contributed by atoms with van der Waals surface area (Å²) in [6, 6.07) is 7.52. The second-order valence-corrected chi connectivity index (χ2v) is 6.14. The van der Waals surface area contributed by atoms with Crippen LogP contribution in [0.25, 0.3) is 5.69 Å². The van der Waals surface area contributed by atoms with Gasteiger partial charge < -0.3 is 5.32 Å². The van der Waals surface area contributed by atoms with Crippen LogP contribution < -0.4 is 10.7 Å². The van der Waals surface area contributed by atoms with Crippen molar-refractivity contribution >= 4 is 5.91 Å². The number of para-hydroxylation sites is 1. The molecule has 1 N–H and O–H groups in total. The minimum absolute atomic E-state index is 0.133. The van der Waals surface area contributed by atoms with E-state index < -0.39 is 17.2 Å². The minimum Gasteiger partial charge on any atom is -0.349 e. The highest BCUT2D eigenvalue weighted by Crippen LogP contribution is 2.13. The van der Waals surface area contributed by atoms with Crippen molar-refractivity contribution < 1.29 is 9.18 Å². The zero-order valence-corrected chi connectivity index (χ0v) is 15.6. The molecule has 140 valence electrons. The lowest BCUT2D eigenvalue weighted by Crippen LogP contribution is -2.43. The number of halogens is 1. The second-order valence-electron chi connectivity index (χ2n) is 6.14. The first-order valence-corrected chi connectivity index (χ1v) is 8.77. The van der Waals surface area contributed by atoms with E-state index in [1.54, 1.807) is 25.1 Å². The molecule has 0 fully saturated rings. The van der Waals surface area contributed by atoms with Crippen molar-refractivity contribution in [2.24, 2.45) is 0 Å². The Labute approximate surface area is 152 Å². The number of rotatable bonds is 7. The van der Waals surface area contributed by atoms with Gasteiger partial charge in [0, 0.05) is 24.3 Å². The van der Waals surface area contributed by atoms with Gasteiger partial charge in [-0.1, -0.05) is 26.0 Å². The van der Waals surface area contributed by atoms with E-state index in [0.29, 0.717) is 12.2 Å². The van der Waals surface area contributed by atoms with Crippen molar-refractivity contribution in [3.05, 3.63) is 57.8 Å². The minimum atomic E-state index is -0.556. The summed E-state index contributed by atoms with van der Waals surface area (Å²) in [5, 5.41) is 6.86. The maximum atomic E-state index is 14.1. The van der Waals surface area contributed by atoms with E-state index in [1.807, 2.05) is 6.92 Å². The van der Waals surface area contributed by atoms with Gasteiger partial charge in [0.2, 0.25) is 5.43 Å². The third kappa shape index (κ3) is 4.35. The molecule has 0 aliphatic heterocycles. The van der Waals surface area contributed by atoms with Gasteiger partial charge in [0.05, 0.1) is 0 Å². The summed E-state index contributed by atoms with van der Waals surface area (Å²) in [7, 11) is 0. The molecule has 26 heavy (non-hydrogen) atoms. The third-order valence-electron chi connectivity index (χ3n) is 4.40. The SMILES string of the molecule is CCN(CC)C(C)CNC(=O)c1nn(-c2ccccc2F)c(C)cc1=O. The summed E-state index contributed by atoms with van der Waals surface area (Å²) < 4.78 is 15.3. The number of amides is 1. The standard InChI is InChI=1S/C19H25FN4O2/c1-5-23(6-2)14(4)12-21-19(26)18-17(25)11-13(3)24(22-18)16-10-8-7-9-15(16)20/h7-11,14H,5-6,12H2,1-4H3,(H,21,26).